The van der Waals surface area contributed by atoms with Crippen LogP contribution in [0.15, 0.2) is 243 Å². The van der Waals surface area contributed by atoms with E-state index in [1.165, 1.54) is 86.5 Å². The summed E-state index contributed by atoms with van der Waals surface area (Å²) in [5.41, 5.74) is 16.5. The summed E-state index contributed by atoms with van der Waals surface area (Å²) in [7, 11) is 0. The van der Waals surface area contributed by atoms with Crippen molar-refractivity contribution in [1.82, 2.24) is 4.57 Å². The van der Waals surface area contributed by atoms with Crippen LogP contribution in [-0.2, 0) is 0 Å². The van der Waals surface area contributed by atoms with Crippen LogP contribution in [0.3, 0.4) is 0 Å². The lowest BCUT2D eigenvalue weighted by atomic mass is 10.00. The summed E-state index contributed by atoms with van der Waals surface area (Å²) >= 11 is 1.86. The van der Waals surface area contributed by atoms with E-state index in [-0.39, 0.29) is 0 Å². The predicted molar refractivity (Wildman–Crippen MR) is 270 cm³/mol. The van der Waals surface area contributed by atoms with Crippen LogP contribution >= 0.6 is 11.3 Å². The van der Waals surface area contributed by atoms with Gasteiger partial charge in [0.15, 0.2) is 0 Å². The van der Waals surface area contributed by atoms with Gasteiger partial charge < -0.3 is 9.47 Å². The van der Waals surface area contributed by atoms with E-state index < -0.39 is 0 Å². The minimum Gasteiger partial charge on any atom is -0.311 e. The Hall–Kier alpha value is -7.98. The molecule has 10 aromatic carbocycles. The zero-order chi connectivity index (χ0) is 41.7. The second-order valence-electron chi connectivity index (χ2n) is 16.1. The summed E-state index contributed by atoms with van der Waals surface area (Å²) in [6.45, 7) is 0. The molecular formula is C60H40N2S. The van der Waals surface area contributed by atoms with Crippen LogP contribution in [0, 0.1) is 0 Å². The Bertz CT molecular complexity index is 3530. The molecule has 0 unspecified atom stereocenters. The molecule has 0 saturated carbocycles. The van der Waals surface area contributed by atoms with Crippen molar-refractivity contribution in [1.29, 1.82) is 0 Å². The third kappa shape index (κ3) is 6.67. The normalized spacial score (nSPS) is 11.5. The Morgan fingerprint density at radius 3 is 1.24 bits per heavy atom. The third-order valence-corrected chi connectivity index (χ3v) is 13.6. The maximum atomic E-state index is 2.38. The first-order valence-corrected chi connectivity index (χ1v) is 22.3. The first kappa shape index (κ1) is 36.8. The van der Waals surface area contributed by atoms with Crippen LogP contribution in [0.5, 0.6) is 0 Å². The molecule has 2 heterocycles. The van der Waals surface area contributed by atoms with E-state index in [0.717, 1.165) is 22.7 Å². The molecule has 0 atom stereocenters. The summed E-state index contributed by atoms with van der Waals surface area (Å²) in [5.74, 6) is 0. The van der Waals surface area contributed by atoms with Gasteiger partial charge in [-0.05, 0) is 117 Å². The van der Waals surface area contributed by atoms with Crippen molar-refractivity contribution in [3.8, 4) is 50.2 Å². The van der Waals surface area contributed by atoms with Gasteiger partial charge in [0.25, 0.3) is 0 Å². The quantitative estimate of drug-likeness (QED) is 0.148. The van der Waals surface area contributed by atoms with Crippen LogP contribution in [-0.4, -0.2) is 4.57 Å². The van der Waals surface area contributed by atoms with Crippen molar-refractivity contribution < 1.29 is 0 Å². The monoisotopic (exact) mass is 820 g/mol. The molecule has 0 spiro atoms. The number of hydrogen-bond donors (Lipinski definition) is 0. The van der Waals surface area contributed by atoms with Crippen LogP contribution < -0.4 is 4.90 Å². The van der Waals surface area contributed by atoms with Gasteiger partial charge in [0.1, 0.15) is 0 Å². The summed E-state index contributed by atoms with van der Waals surface area (Å²) in [5, 5.41) is 5.18. The van der Waals surface area contributed by atoms with Crippen molar-refractivity contribution >= 4 is 70.4 Å². The second-order valence-corrected chi connectivity index (χ2v) is 17.2. The number of rotatable bonds is 8. The average Bonchev–Trinajstić information content (AvgIpc) is 3.91. The van der Waals surface area contributed by atoms with Crippen LogP contribution in [0.1, 0.15) is 0 Å². The fourth-order valence-electron chi connectivity index (χ4n) is 9.27. The molecule has 0 bridgehead atoms. The van der Waals surface area contributed by atoms with Crippen LogP contribution in [0.2, 0.25) is 0 Å². The van der Waals surface area contributed by atoms with E-state index in [1.807, 2.05) is 11.3 Å². The van der Waals surface area contributed by atoms with E-state index in [1.54, 1.807) is 0 Å². The Morgan fingerprint density at radius 1 is 0.270 bits per heavy atom. The van der Waals surface area contributed by atoms with Gasteiger partial charge in [0, 0.05) is 53.7 Å². The first-order valence-electron chi connectivity index (χ1n) is 21.5. The molecule has 0 amide bonds. The maximum absolute atomic E-state index is 2.38. The molecule has 0 aliphatic rings. The molecule has 0 aliphatic heterocycles. The van der Waals surface area contributed by atoms with Gasteiger partial charge in [-0.3, -0.25) is 0 Å². The largest absolute Gasteiger partial charge is 0.311 e. The Balaban J connectivity index is 0.896. The Kier molecular flexibility index (Phi) is 9.06. The Labute approximate surface area is 370 Å². The lowest BCUT2D eigenvalue weighted by Gasteiger charge is -2.26. The molecule has 0 N–H and O–H groups in total. The van der Waals surface area contributed by atoms with Gasteiger partial charge in [-0.2, -0.15) is 0 Å². The molecule has 296 valence electrons. The maximum Gasteiger partial charge on any atom is 0.0541 e. The summed E-state index contributed by atoms with van der Waals surface area (Å²) < 4.78 is 5.03. The van der Waals surface area contributed by atoms with Crippen molar-refractivity contribution in [3.05, 3.63) is 243 Å². The molecule has 0 fully saturated rings. The van der Waals surface area contributed by atoms with E-state index >= 15 is 0 Å². The highest BCUT2D eigenvalue weighted by atomic mass is 32.1. The zero-order valence-electron chi connectivity index (χ0n) is 34.4. The van der Waals surface area contributed by atoms with Gasteiger partial charge in [-0.1, -0.05) is 170 Å². The second kappa shape index (κ2) is 15.5. The number of anilines is 3. The van der Waals surface area contributed by atoms with Crippen LogP contribution in [0.4, 0.5) is 17.1 Å². The van der Waals surface area contributed by atoms with Crippen molar-refractivity contribution in [2.24, 2.45) is 0 Å². The van der Waals surface area contributed by atoms with Gasteiger partial charge in [0.2, 0.25) is 0 Å². The third-order valence-electron chi connectivity index (χ3n) is 12.4. The number of fused-ring (bicyclic) bond motifs is 6. The summed E-state index contributed by atoms with van der Waals surface area (Å²) in [6, 6.07) is 88.3. The van der Waals surface area contributed by atoms with E-state index in [0.29, 0.717) is 0 Å². The van der Waals surface area contributed by atoms with Crippen molar-refractivity contribution in [2.45, 2.75) is 0 Å². The Morgan fingerprint density at radius 2 is 0.667 bits per heavy atom. The lowest BCUT2D eigenvalue weighted by molar-refractivity contribution is 1.18. The summed E-state index contributed by atoms with van der Waals surface area (Å²) in [4.78, 5) is 2.36. The molecule has 0 saturated heterocycles. The number of thiophene rings is 1. The van der Waals surface area contributed by atoms with Crippen LogP contribution in [0.25, 0.3) is 92.2 Å². The number of benzene rings is 10. The molecule has 12 rings (SSSR count). The number of nitrogens with zero attached hydrogens (tertiary/aromatic N) is 2. The van der Waals surface area contributed by atoms with E-state index in [9.17, 15) is 0 Å². The molecule has 12 aromatic rings. The highest BCUT2D eigenvalue weighted by Crippen LogP contribution is 2.40. The minimum atomic E-state index is 1.09. The number of aromatic nitrogens is 1. The predicted octanol–water partition coefficient (Wildman–Crippen LogP) is 17.3. The van der Waals surface area contributed by atoms with Crippen molar-refractivity contribution in [2.75, 3.05) is 4.90 Å². The average molecular weight is 821 g/mol. The first-order chi connectivity index (χ1) is 31.2. The minimum absolute atomic E-state index is 1.09. The molecule has 63 heavy (non-hydrogen) atoms. The lowest BCUT2D eigenvalue weighted by Crippen LogP contribution is -2.09. The van der Waals surface area contributed by atoms with E-state index in [4.69, 9.17) is 0 Å². The molecule has 2 aromatic heterocycles. The fourth-order valence-corrected chi connectivity index (χ4v) is 10.4. The zero-order valence-corrected chi connectivity index (χ0v) is 35.2. The van der Waals surface area contributed by atoms with Gasteiger partial charge in [-0.25, -0.2) is 0 Å². The molecule has 0 radical (unpaired) electrons. The van der Waals surface area contributed by atoms with Gasteiger partial charge in [-0.15, -0.1) is 11.3 Å². The topological polar surface area (TPSA) is 8.17 Å². The standard InChI is InChI=1S/C60H40N2S/c1-2-11-41(12-3-1)42-21-23-43(24-22-42)44-25-32-49(33-26-44)61(51-36-29-46(30-37-51)48-31-38-56-55-17-6-9-20-59(55)63-60(56)40-48)50-34-27-45(28-35-50)47-13-10-14-52(39-47)62-57-18-7-4-15-53(57)54-16-5-8-19-58(54)62/h1-40H. The molecular weight excluding hydrogens is 781 g/mol. The van der Waals surface area contributed by atoms with E-state index in [2.05, 4.69) is 252 Å². The van der Waals surface area contributed by atoms with Gasteiger partial charge >= 0.3 is 0 Å². The highest BCUT2D eigenvalue weighted by molar-refractivity contribution is 7.25. The molecule has 3 heteroatoms. The number of para-hydroxylation sites is 2. The smallest absolute Gasteiger partial charge is 0.0541 e. The molecule has 0 aliphatic carbocycles. The highest BCUT2D eigenvalue weighted by Gasteiger charge is 2.16. The molecule has 2 nitrogen and oxygen atoms in total. The van der Waals surface area contributed by atoms with Crippen molar-refractivity contribution in [3.63, 3.8) is 0 Å². The van der Waals surface area contributed by atoms with Gasteiger partial charge in [0.05, 0.1) is 11.0 Å². The number of hydrogen-bond acceptors (Lipinski definition) is 2. The fraction of sp³-hybridized carbons (Fsp3) is 0. The SMILES string of the molecule is c1ccc(-c2ccc(-c3ccc(N(c4ccc(-c5cccc(-n6c7ccccc7c7ccccc76)c5)cc4)c4ccc(-c5ccc6c(c5)sc5ccccc56)cc4)cc3)cc2)cc1. The summed E-state index contributed by atoms with van der Waals surface area (Å²) in [6.07, 6.45) is 0.